The van der Waals surface area contributed by atoms with E-state index in [4.69, 9.17) is 0 Å². The summed E-state index contributed by atoms with van der Waals surface area (Å²) in [5.74, 6) is 0.293. The lowest BCUT2D eigenvalue weighted by Gasteiger charge is -2.15. The van der Waals surface area contributed by atoms with Gasteiger partial charge in [-0.25, -0.2) is 19.3 Å². The summed E-state index contributed by atoms with van der Waals surface area (Å²) >= 11 is 3.61. The molecule has 0 amide bonds. The third-order valence-corrected chi connectivity index (χ3v) is 4.17. The molecule has 0 aliphatic rings. The Morgan fingerprint density at radius 2 is 2.38 bits per heavy atom. The van der Waals surface area contributed by atoms with Gasteiger partial charge in [-0.15, -0.1) is 0 Å². The first-order valence-electron chi connectivity index (χ1n) is 5.20. The third kappa shape index (κ3) is 1.89. The first-order valence-corrected chi connectivity index (χ1v) is 6.11. The van der Waals surface area contributed by atoms with Crippen LogP contribution in [-0.4, -0.2) is 24.4 Å². The van der Waals surface area contributed by atoms with Gasteiger partial charge in [0.05, 0.1) is 0 Å². The van der Waals surface area contributed by atoms with Crippen LogP contribution in [0, 0.1) is 0 Å². The van der Waals surface area contributed by atoms with Crippen molar-refractivity contribution in [3.8, 4) is 0 Å². The van der Waals surface area contributed by atoms with E-state index in [9.17, 15) is 4.79 Å². The van der Waals surface area contributed by atoms with Gasteiger partial charge in [0.1, 0.15) is 6.33 Å². The lowest BCUT2D eigenvalue weighted by atomic mass is 10.0. The molecule has 2 heterocycles. The Bertz CT molecular complexity index is 547. The number of halogens is 1. The molecule has 2 rings (SSSR count). The highest BCUT2D eigenvalue weighted by Crippen LogP contribution is 2.25. The van der Waals surface area contributed by atoms with Gasteiger partial charge in [-0.05, 0) is 6.42 Å². The number of hydrogen-bond acceptors (Lipinski definition) is 3. The van der Waals surface area contributed by atoms with E-state index in [-0.39, 0.29) is 5.69 Å². The molecule has 0 bridgehead atoms. The van der Waals surface area contributed by atoms with Crippen molar-refractivity contribution in [1.29, 1.82) is 0 Å². The molecule has 2 aromatic heterocycles. The highest BCUT2D eigenvalue weighted by Gasteiger charge is 2.16. The van der Waals surface area contributed by atoms with Gasteiger partial charge in [0.15, 0.2) is 5.65 Å². The molecule has 16 heavy (non-hydrogen) atoms. The summed E-state index contributed by atoms with van der Waals surface area (Å²) in [6, 6.07) is 1.84. The van der Waals surface area contributed by atoms with Gasteiger partial charge in [0.25, 0.3) is 0 Å². The van der Waals surface area contributed by atoms with Crippen molar-refractivity contribution >= 4 is 21.6 Å². The van der Waals surface area contributed by atoms with Crippen LogP contribution in [0.15, 0.2) is 17.2 Å². The van der Waals surface area contributed by atoms with Crippen molar-refractivity contribution in [3.05, 3.63) is 28.6 Å². The predicted octanol–water partition coefficient (Wildman–Crippen LogP) is 1.69. The second kappa shape index (κ2) is 4.37. The number of rotatable bonds is 3. The van der Waals surface area contributed by atoms with Crippen molar-refractivity contribution in [2.75, 3.05) is 0 Å². The van der Waals surface area contributed by atoms with Gasteiger partial charge in [0, 0.05) is 22.5 Å². The summed E-state index contributed by atoms with van der Waals surface area (Å²) in [5, 5.41) is 6.31. The van der Waals surface area contributed by atoms with E-state index >= 15 is 0 Å². The lowest BCUT2D eigenvalue weighted by Crippen LogP contribution is -2.13. The number of fused-ring (bicyclic) bond motifs is 1. The average Bonchev–Trinajstić information content (AvgIpc) is 2.68. The molecule has 0 saturated carbocycles. The zero-order valence-corrected chi connectivity index (χ0v) is 10.7. The highest BCUT2D eigenvalue weighted by atomic mass is 79.9. The summed E-state index contributed by atoms with van der Waals surface area (Å²) in [4.78, 5) is 15.9. The average molecular weight is 285 g/mol. The molecule has 0 saturated heterocycles. The lowest BCUT2D eigenvalue weighted by molar-refractivity contribution is 0.671. The standard InChI is InChI=1S/C10H13BrN4O/c1-3-7(11)6(2)8-4-9-13-14-10(16)15(9)5-12-8/h4-7H,3H2,1-2H3,(H,14,16). The number of hydrogen-bond donors (Lipinski definition) is 1. The maximum Gasteiger partial charge on any atom is 0.348 e. The van der Waals surface area contributed by atoms with Crippen LogP contribution in [0.25, 0.3) is 5.65 Å². The zero-order chi connectivity index (χ0) is 11.7. The van der Waals surface area contributed by atoms with E-state index in [1.54, 1.807) is 0 Å². The summed E-state index contributed by atoms with van der Waals surface area (Å²) in [6.07, 6.45) is 2.55. The Kier molecular flexibility index (Phi) is 3.09. The van der Waals surface area contributed by atoms with Crippen molar-refractivity contribution in [2.45, 2.75) is 31.0 Å². The molecule has 0 fully saturated rings. The van der Waals surface area contributed by atoms with Gasteiger partial charge in [-0.2, -0.15) is 5.10 Å². The number of aromatic amines is 1. The number of aromatic nitrogens is 4. The van der Waals surface area contributed by atoms with Crippen LogP contribution in [-0.2, 0) is 0 Å². The molecule has 2 unspecified atom stereocenters. The molecular weight excluding hydrogens is 272 g/mol. The number of H-pyrrole nitrogens is 1. The molecule has 2 atom stereocenters. The fourth-order valence-corrected chi connectivity index (χ4v) is 1.88. The van der Waals surface area contributed by atoms with Crippen LogP contribution in [0.2, 0.25) is 0 Å². The van der Waals surface area contributed by atoms with E-state index in [0.29, 0.717) is 16.4 Å². The maximum absolute atomic E-state index is 11.2. The summed E-state index contributed by atoms with van der Waals surface area (Å²) in [5.41, 5.74) is 1.29. The van der Waals surface area contributed by atoms with E-state index in [2.05, 4.69) is 45.0 Å². The normalized spacial score (nSPS) is 15.2. The number of alkyl halides is 1. The van der Waals surface area contributed by atoms with E-state index in [0.717, 1.165) is 12.1 Å². The smallest absolute Gasteiger partial charge is 0.246 e. The molecule has 1 N–H and O–H groups in total. The molecule has 86 valence electrons. The van der Waals surface area contributed by atoms with Crippen molar-refractivity contribution < 1.29 is 0 Å². The summed E-state index contributed by atoms with van der Waals surface area (Å²) in [7, 11) is 0. The Balaban J connectivity index is 2.43. The number of nitrogens with one attached hydrogen (secondary N) is 1. The molecule has 5 nitrogen and oxygen atoms in total. The molecule has 0 radical (unpaired) electrons. The van der Waals surface area contributed by atoms with Crippen LogP contribution in [0.5, 0.6) is 0 Å². The van der Waals surface area contributed by atoms with Crippen LogP contribution < -0.4 is 5.69 Å². The van der Waals surface area contributed by atoms with Crippen molar-refractivity contribution in [3.63, 3.8) is 0 Å². The second-order valence-corrected chi connectivity index (χ2v) is 4.96. The minimum Gasteiger partial charge on any atom is -0.246 e. The maximum atomic E-state index is 11.2. The van der Waals surface area contributed by atoms with Gasteiger partial charge in [-0.3, -0.25) is 0 Å². The van der Waals surface area contributed by atoms with E-state index < -0.39 is 0 Å². The SMILES string of the molecule is CCC(Br)C(C)c1cc2n[nH]c(=O)n2cn1. The van der Waals surface area contributed by atoms with E-state index in [1.165, 1.54) is 10.7 Å². The first kappa shape index (κ1) is 11.3. The first-order chi connectivity index (χ1) is 7.63. The van der Waals surface area contributed by atoms with Crippen LogP contribution >= 0.6 is 15.9 Å². The van der Waals surface area contributed by atoms with Gasteiger partial charge < -0.3 is 0 Å². The van der Waals surface area contributed by atoms with Gasteiger partial charge in [0.2, 0.25) is 0 Å². The van der Waals surface area contributed by atoms with Crippen LogP contribution in [0.3, 0.4) is 0 Å². The summed E-state index contributed by atoms with van der Waals surface area (Å²) < 4.78 is 1.39. The Hall–Kier alpha value is -1.17. The van der Waals surface area contributed by atoms with Crippen LogP contribution in [0.4, 0.5) is 0 Å². The highest BCUT2D eigenvalue weighted by molar-refractivity contribution is 9.09. The Morgan fingerprint density at radius 1 is 1.62 bits per heavy atom. The van der Waals surface area contributed by atoms with Gasteiger partial charge in [-0.1, -0.05) is 29.8 Å². The summed E-state index contributed by atoms with van der Waals surface area (Å²) in [6.45, 7) is 4.22. The molecule has 2 aromatic rings. The quantitative estimate of drug-likeness (QED) is 0.873. The third-order valence-electron chi connectivity index (χ3n) is 2.73. The Morgan fingerprint density at radius 3 is 3.06 bits per heavy atom. The second-order valence-electron chi connectivity index (χ2n) is 3.78. The largest absolute Gasteiger partial charge is 0.348 e. The molecule has 0 aliphatic heterocycles. The topological polar surface area (TPSA) is 63.0 Å². The van der Waals surface area contributed by atoms with Gasteiger partial charge >= 0.3 is 5.69 Å². The van der Waals surface area contributed by atoms with Crippen molar-refractivity contribution in [1.82, 2.24) is 19.6 Å². The monoisotopic (exact) mass is 284 g/mol. The van der Waals surface area contributed by atoms with E-state index in [1.807, 2.05) is 6.07 Å². The van der Waals surface area contributed by atoms with Crippen LogP contribution in [0.1, 0.15) is 31.9 Å². The Labute approximate surface area is 101 Å². The minimum absolute atomic E-state index is 0.257. The predicted molar refractivity (Wildman–Crippen MR) is 65.0 cm³/mol. The fraction of sp³-hybridized carbons (Fsp3) is 0.500. The molecule has 6 heteroatoms. The molecule has 0 spiro atoms. The number of nitrogens with zero attached hydrogens (tertiary/aromatic N) is 3. The minimum atomic E-state index is -0.257. The molecule has 0 aliphatic carbocycles. The fourth-order valence-electron chi connectivity index (χ4n) is 1.61. The molecule has 0 aromatic carbocycles. The molecular formula is C10H13BrN4O. The zero-order valence-electron chi connectivity index (χ0n) is 9.14. The van der Waals surface area contributed by atoms with Crippen molar-refractivity contribution in [2.24, 2.45) is 0 Å².